The molecule has 1 fully saturated rings. The summed E-state index contributed by atoms with van der Waals surface area (Å²) in [6.45, 7) is 4.86. The van der Waals surface area contributed by atoms with Gasteiger partial charge in [0.1, 0.15) is 15.8 Å². The molecule has 1 amide bonds. The molecule has 1 saturated heterocycles. The molecule has 1 aliphatic heterocycles. The number of amides is 1. The normalized spacial score (nSPS) is 15.7. The molecule has 27 heavy (non-hydrogen) atoms. The molecule has 0 aliphatic carbocycles. The molecule has 0 atom stereocenters. The highest BCUT2D eigenvalue weighted by Gasteiger charge is 2.32. The van der Waals surface area contributed by atoms with Gasteiger partial charge in [-0.3, -0.25) is 18.9 Å². The van der Waals surface area contributed by atoms with Gasteiger partial charge in [0.15, 0.2) is 0 Å². The number of rotatable bonds is 7. The van der Waals surface area contributed by atoms with Crippen molar-refractivity contribution in [3.63, 3.8) is 0 Å². The van der Waals surface area contributed by atoms with Crippen LogP contribution in [-0.4, -0.2) is 51.3 Å². The first-order valence-corrected chi connectivity index (χ1v) is 9.39. The topological polar surface area (TPSA) is 75.9 Å². The summed E-state index contributed by atoms with van der Waals surface area (Å²) in [5.41, 5.74) is 0.543. The predicted octanol–water partition coefficient (Wildman–Crippen LogP) is 2.14. The Morgan fingerprint density at radius 2 is 2.22 bits per heavy atom. The van der Waals surface area contributed by atoms with Gasteiger partial charge in [-0.25, -0.2) is 4.98 Å². The van der Waals surface area contributed by atoms with Crippen LogP contribution >= 0.6 is 24.0 Å². The highest BCUT2D eigenvalue weighted by Crippen LogP contribution is 2.32. The number of nitrogens with zero attached hydrogens (tertiary/aromatic N) is 3. The number of thioether (sulfide) groups is 1. The standard InChI is InChI=1S/C18H18N4O3S2/c1-3-7-19-15-12(16(23)21-8-5-4-6-14(21)20-15)11-13-17(24)22(9-10-25-2)18(26)27-13/h3-6,8,11,19H,1,7,9-10H2,2H3. The largest absolute Gasteiger partial charge is 0.383 e. The van der Waals surface area contributed by atoms with Crippen molar-refractivity contribution in [2.75, 3.05) is 32.1 Å². The molecule has 1 aliphatic rings. The molecule has 0 unspecified atom stereocenters. The van der Waals surface area contributed by atoms with Crippen molar-refractivity contribution < 1.29 is 9.53 Å². The van der Waals surface area contributed by atoms with E-state index in [-0.39, 0.29) is 11.5 Å². The fourth-order valence-electron chi connectivity index (χ4n) is 2.54. The number of methoxy groups -OCH3 is 1. The minimum atomic E-state index is -0.269. The number of carbonyl (C=O) groups excluding carboxylic acids is 1. The molecular weight excluding hydrogens is 384 g/mol. The molecule has 7 nitrogen and oxygen atoms in total. The first-order chi connectivity index (χ1) is 13.1. The highest BCUT2D eigenvalue weighted by atomic mass is 32.2. The lowest BCUT2D eigenvalue weighted by Crippen LogP contribution is -2.31. The van der Waals surface area contributed by atoms with Gasteiger partial charge in [-0.15, -0.1) is 6.58 Å². The number of ether oxygens (including phenoxy) is 1. The molecule has 1 N–H and O–H groups in total. The van der Waals surface area contributed by atoms with Crippen LogP contribution in [0.2, 0.25) is 0 Å². The Bertz CT molecular complexity index is 1000. The maximum atomic E-state index is 13.0. The number of thiocarbonyl (C=S) groups is 1. The quantitative estimate of drug-likeness (QED) is 0.432. The van der Waals surface area contributed by atoms with Crippen LogP contribution in [0.5, 0.6) is 0 Å². The summed E-state index contributed by atoms with van der Waals surface area (Å²) in [4.78, 5) is 32.0. The Morgan fingerprint density at radius 3 is 2.96 bits per heavy atom. The predicted molar refractivity (Wildman–Crippen MR) is 112 cm³/mol. The van der Waals surface area contributed by atoms with Crippen LogP contribution in [0.15, 0.2) is 46.8 Å². The van der Waals surface area contributed by atoms with Gasteiger partial charge in [0.2, 0.25) is 0 Å². The Labute approximate surface area is 165 Å². The molecule has 2 aromatic rings. The summed E-state index contributed by atoms with van der Waals surface area (Å²) in [6.07, 6.45) is 4.86. The van der Waals surface area contributed by atoms with Crippen LogP contribution in [0.25, 0.3) is 11.7 Å². The number of aromatic nitrogens is 2. The second-order valence-electron chi connectivity index (χ2n) is 5.60. The molecule has 3 rings (SSSR count). The van der Waals surface area contributed by atoms with E-state index in [2.05, 4.69) is 16.9 Å². The Morgan fingerprint density at radius 1 is 1.41 bits per heavy atom. The lowest BCUT2D eigenvalue weighted by molar-refractivity contribution is -0.122. The zero-order valence-electron chi connectivity index (χ0n) is 14.7. The average molecular weight is 403 g/mol. The van der Waals surface area contributed by atoms with E-state index in [9.17, 15) is 9.59 Å². The first-order valence-electron chi connectivity index (χ1n) is 8.17. The van der Waals surface area contributed by atoms with E-state index < -0.39 is 0 Å². The van der Waals surface area contributed by atoms with Crippen molar-refractivity contribution in [2.45, 2.75) is 0 Å². The lowest BCUT2D eigenvalue weighted by atomic mass is 10.2. The number of anilines is 1. The van der Waals surface area contributed by atoms with Crippen LogP contribution in [0, 0.1) is 0 Å². The SMILES string of the molecule is C=CCNc1nc2ccccn2c(=O)c1C=C1SC(=S)N(CCOC)C1=O. The number of nitrogens with one attached hydrogen (secondary N) is 1. The molecule has 140 valence electrons. The number of carbonyl (C=O) groups is 1. The minimum Gasteiger partial charge on any atom is -0.383 e. The number of hydrogen-bond acceptors (Lipinski definition) is 7. The molecular formula is C18H18N4O3S2. The molecule has 9 heteroatoms. The zero-order chi connectivity index (χ0) is 19.4. The second-order valence-corrected chi connectivity index (χ2v) is 7.28. The Balaban J connectivity index is 2.07. The van der Waals surface area contributed by atoms with Crippen molar-refractivity contribution in [1.29, 1.82) is 0 Å². The van der Waals surface area contributed by atoms with Gasteiger partial charge in [-0.1, -0.05) is 36.1 Å². The summed E-state index contributed by atoms with van der Waals surface area (Å²) in [5, 5.41) is 3.07. The molecule has 0 aromatic carbocycles. The van der Waals surface area contributed by atoms with Crippen molar-refractivity contribution >= 4 is 51.7 Å². The zero-order valence-corrected chi connectivity index (χ0v) is 16.3. The fraction of sp³-hybridized carbons (Fsp3) is 0.222. The fourth-order valence-corrected chi connectivity index (χ4v) is 3.83. The average Bonchev–Trinajstić information content (AvgIpc) is 2.94. The third-order valence-corrected chi connectivity index (χ3v) is 5.23. The molecule has 0 bridgehead atoms. The van der Waals surface area contributed by atoms with E-state index in [0.717, 1.165) is 11.8 Å². The summed E-state index contributed by atoms with van der Waals surface area (Å²) in [5.74, 6) is 0.155. The van der Waals surface area contributed by atoms with Crippen molar-refractivity contribution in [3.8, 4) is 0 Å². The molecule has 0 radical (unpaired) electrons. The van der Waals surface area contributed by atoms with E-state index in [4.69, 9.17) is 17.0 Å². The van der Waals surface area contributed by atoms with Crippen LogP contribution in [0.3, 0.4) is 0 Å². The van der Waals surface area contributed by atoms with Gasteiger partial charge in [-0.2, -0.15) is 0 Å². The van der Waals surface area contributed by atoms with Gasteiger partial charge in [0.25, 0.3) is 11.5 Å². The van der Waals surface area contributed by atoms with Crippen molar-refractivity contribution in [1.82, 2.24) is 14.3 Å². The Kier molecular flexibility index (Phi) is 6.04. The number of fused-ring (bicyclic) bond motifs is 1. The van der Waals surface area contributed by atoms with Crippen molar-refractivity contribution in [3.05, 3.63) is 57.9 Å². The molecule has 0 saturated carbocycles. The van der Waals surface area contributed by atoms with E-state index in [1.54, 1.807) is 43.7 Å². The minimum absolute atomic E-state index is 0.241. The second kappa shape index (κ2) is 8.47. The maximum Gasteiger partial charge on any atom is 0.267 e. The van der Waals surface area contributed by atoms with Gasteiger partial charge < -0.3 is 10.1 Å². The number of pyridine rings is 1. The van der Waals surface area contributed by atoms with Crippen LogP contribution in [0.1, 0.15) is 5.56 Å². The first kappa shape index (κ1) is 19.3. The van der Waals surface area contributed by atoms with E-state index in [1.165, 1.54) is 9.30 Å². The lowest BCUT2D eigenvalue weighted by Gasteiger charge is -2.13. The van der Waals surface area contributed by atoms with Gasteiger partial charge in [0, 0.05) is 19.9 Å². The summed E-state index contributed by atoms with van der Waals surface area (Å²) in [6, 6.07) is 5.30. The molecule has 0 spiro atoms. The summed E-state index contributed by atoms with van der Waals surface area (Å²) in [7, 11) is 1.56. The molecule has 2 aromatic heterocycles. The van der Waals surface area contributed by atoms with Gasteiger partial charge >= 0.3 is 0 Å². The third kappa shape index (κ3) is 3.95. The number of hydrogen-bond donors (Lipinski definition) is 1. The maximum absolute atomic E-state index is 13.0. The third-order valence-electron chi connectivity index (χ3n) is 3.85. The monoisotopic (exact) mass is 402 g/mol. The van der Waals surface area contributed by atoms with Crippen LogP contribution in [0.4, 0.5) is 5.82 Å². The van der Waals surface area contributed by atoms with Crippen molar-refractivity contribution in [2.24, 2.45) is 0 Å². The van der Waals surface area contributed by atoms with Gasteiger partial charge in [0.05, 0.1) is 23.6 Å². The van der Waals surface area contributed by atoms with E-state index in [0.29, 0.717) is 46.0 Å². The smallest absolute Gasteiger partial charge is 0.267 e. The summed E-state index contributed by atoms with van der Waals surface area (Å²) >= 11 is 6.44. The van der Waals surface area contributed by atoms with Gasteiger partial charge in [-0.05, 0) is 18.2 Å². The van der Waals surface area contributed by atoms with Crippen LogP contribution < -0.4 is 10.9 Å². The Hall–Kier alpha value is -2.49. The summed E-state index contributed by atoms with van der Waals surface area (Å²) < 4.78 is 6.90. The van der Waals surface area contributed by atoms with Crippen LogP contribution in [-0.2, 0) is 9.53 Å². The molecule has 3 heterocycles. The highest BCUT2D eigenvalue weighted by molar-refractivity contribution is 8.26. The van der Waals surface area contributed by atoms with E-state index in [1.807, 2.05) is 0 Å². The van der Waals surface area contributed by atoms with E-state index >= 15 is 0 Å².